The average molecular weight is 274 g/mol. The van der Waals surface area contributed by atoms with Crippen molar-refractivity contribution in [1.29, 1.82) is 0 Å². The lowest BCUT2D eigenvalue weighted by atomic mass is 10.2. The number of hydrogen-bond acceptors (Lipinski definition) is 5. The number of nitrogens with one attached hydrogen (secondary N) is 1. The van der Waals surface area contributed by atoms with Gasteiger partial charge in [0, 0.05) is 12.2 Å². The topological polar surface area (TPSA) is 54.2 Å². The summed E-state index contributed by atoms with van der Waals surface area (Å²) in [6, 6.07) is 8.88. The number of benzene rings is 1. The first-order valence-corrected chi connectivity index (χ1v) is 7.06. The summed E-state index contributed by atoms with van der Waals surface area (Å²) >= 11 is 0. The second-order valence-corrected chi connectivity index (χ2v) is 4.79. The smallest absolute Gasteiger partial charge is 0.322 e. The van der Waals surface area contributed by atoms with Crippen molar-refractivity contribution in [3.05, 3.63) is 35.7 Å². The average Bonchev–Trinajstić information content (AvgIpc) is 2.90. The Morgan fingerprint density at radius 2 is 2.10 bits per heavy atom. The third-order valence-electron chi connectivity index (χ3n) is 3.17. The highest BCUT2D eigenvalue weighted by atomic mass is 16.4. The second-order valence-electron chi connectivity index (χ2n) is 4.79. The van der Waals surface area contributed by atoms with E-state index in [4.69, 9.17) is 4.42 Å². The third-order valence-corrected chi connectivity index (χ3v) is 3.17. The molecule has 1 heterocycles. The van der Waals surface area contributed by atoms with Crippen molar-refractivity contribution in [3.8, 4) is 0 Å². The fourth-order valence-corrected chi connectivity index (χ4v) is 2.13. The predicted octanol–water partition coefficient (Wildman–Crippen LogP) is 3.21. The molecule has 0 aliphatic heterocycles. The van der Waals surface area contributed by atoms with Gasteiger partial charge in [-0.15, -0.1) is 5.10 Å². The maximum Gasteiger partial charge on any atom is 0.322 e. The number of nitrogens with zero attached hydrogens (tertiary/aromatic N) is 3. The van der Waals surface area contributed by atoms with Crippen molar-refractivity contribution in [2.24, 2.45) is 0 Å². The minimum absolute atomic E-state index is 0.0671. The lowest BCUT2D eigenvalue weighted by Gasteiger charge is -2.18. The summed E-state index contributed by atoms with van der Waals surface area (Å²) in [5.74, 6) is 0.618. The van der Waals surface area contributed by atoms with Gasteiger partial charge < -0.3 is 9.73 Å². The second kappa shape index (κ2) is 6.52. The van der Waals surface area contributed by atoms with Gasteiger partial charge in [-0.2, -0.15) is 0 Å². The van der Waals surface area contributed by atoms with E-state index in [-0.39, 0.29) is 6.04 Å². The molecule has 1 aromatic carbocycles. The summed E-state index contributed by atoms with van der Waals surface area (Å²) < 4.78 is 5.79. The maximum atomic E-state index is 5.79. The maximum absolute atomic E-state index is 5.79. The summed E-state index contributed by atoms with van der Waals surface area (Å²) in [7, 11) is 0. The Morgan fingerprint density at radius 3 is 2.75 bits per heavy atom. The molecule has 0 spiro atoms. The SMILES string of the molecule is CCNC(C)c1nnc(N(CC)c2cccc(C)c2)o1. The molecular weight excluding hydrogens is 252 g/mol. The predicted molar refractivity (Wildman–Crippen MR) is 80.2 cm³/mol. The molecule has 5 nitrogen and oxygen atoms in total. The van der Waals surface area contributed by atoms with Gasteiger partial charge in [-0.3, -0.25) is 4.90 Å². The molecule has 1 N–H and O–H groups in total. The van der Waals surface area contributed by atoms with E-state index in [2.05, 4.69) is 48.4 Å². The number of aryl methyl sites for hydroxylation is 1. The van der Waals surface area contributed by atoms with Crippen LogP contribution in [-0.4, -0.2) is 23.3 Å². The van der Waals surface area contributed by atoms with E-state index in [0.29, 0.717) is 11.9 Å². The monoisotopic (exact) mass is 274 g/mol. The van der Waals surface area contributed by atoms with Crippen molar-refractivity contribution in [2.75, 3.05) is 18.0 Å². The van der Waals surface area contributed by atoms with Crippen LogP contribution < -0.4 is 10.2 Å². The normalized spacial score (nSPS) is 12.4. The summed E-state index contributed by atoms with van der Waals surface area (Å²) in [4.78, 5) is 2.02. The standard InChI is InChI=1S/C15H22N4O/c1-5-16-12(4)14-17-18-15(20-14)19(6-2)13-9-7-8-11(3)10-13/h7-10,12,16H,5-6H2,1-4H3. The van der Waals surface area contributed by atoms with Crippen molar-refractivity contribution in [1.82, 2.24) is 15.5 Å². The molecule has 1 aromatic heterocycles. The van der Waals surface area contributed by atoms with Crippen molar-refractivity contribution >= 4 is 11.7 Å². The van der Waals surface area contributed by atoms with Gasteiger partial charge in [0.1, 0.15) is 0 Å². The fourth-order valence-electron chi connectivity index (χ4n) is 2.13. The van der Waals surface area contributed by atoms with Crippen molar-refractivity contribution in [3.63, 3.8) is 0 Å². The van der Waals surface area contributed by atoms with Crippen molar-refractivity contribution in [2.45, 2.75) is 33.7 Å². The molecule has 0 fully saturated rings. The van der Waals surface area contributed by atoms with Gasteiger partial charge >= 0.3 is 6.01 Å². The van der Waals surface area contributed by atoms with E-state index in [1.54, 1.807) is 0 Å². The lowest BCUT2D eigenvalue weighted by molar-refractivity contribution is 0.424. The zero-order chi connectivity index (χ0) is 14.5. The first-order chi connectivity index (χ1) is 9.65. The van der Waals surface area contributed by atoms with Crippen LogP contribution in [-0.2, 0) is 0 Å². The van der Waals surface area contributed by atoms with E-state index in [9.17, 15) is 0 Å². The molecule has 5 heteroatoms. The lowest BCUT2D eigenvalue weighted by Crippen LogP contribution is -2.18. The molecule has 20 heavy (non-hydrogen) atoms. The summed E-state index contributed by atoms with van der Waals surface area (Å²) in [6.45, 7) is 9.86. The van der Waals surface area contributed by atoms with Crippen LogP contribution in [0.15, 0.2) is 28.7 Å². The Kier molecular flexibility index (Phi) is 4.74. The van der Waals surface area contributed by atoms with Crippen LogP contribution in [0.1, 0.15) is 38.3 Å². The molecule has 0 bridgehead atoms. The molecule has 108 valence electrons. The van der Waals surface area contributed by atoms with E-state index >= 15 is 0 Å². The molecule has 2 rings (SSSR count). The first kappa shape index (κ1) is 14.5. The van der Waals surface area contributed by atoms with Crippen LogP contribution in [0.5, 0.6) is 0 Å². The highest BCUT2D eigenvalue weighted by Crippen LogP contribution is 2.25. The molecule has 0 aliphatic carbocycles. The van der Waals surface area contributed by atoms with E-state index in [0.717, 1.165) is 18.8 Å². The Morgan fingerprint density at radius 1 is 1.30 bits per heavy atom. The first-order valence-electron chi connectivity index (χ1n) is 7.06. The Hall–Kier alpha value is -1.88. The van der Waals surface area contributed by atoms with E-state index < -0.39 is 0 Å². The van der Waals surface area contributed by atoms with E-state index in [1.807, 2.05) is 24.0 Å². The molecule has 0 aliphatic rings. The Balaban J connectivity index is 2.24. The number of hydrogen-bond donors (Lipinski definition) is 1. The molecule has 1 unspecified atom stereocenters. The zero-order valence-corrected chi connectivity index (χ0v) is 12.6. The molecule has 0 radical (unpaired) electrons. The number of rotatable bonds is 6. The summed E-state index contributed by atoms with van der Waals surface area (Å²) in [6.07, 6.45) is 0. The van der Waals surface area contributed by atoms with Gasteiger partial charge in [0.15, 0.2) is 0 Å². The van der Waals surface area contributed by atoms with Gasteiger partial charge in [-0.1, -0.05) is 24.2 Å². The van der Waals surface area contributed by atoms with Crippen LogP contribution in [0.4, 0.5) is 11.7 Å². The molecule has 0 amide bonds. The third kappa shape index (κ3) is 3.17. The fraction of sp³-hybridized carbons (Fsp3) is 0.467. The number of aromatic nitrogens is 2. The highest BCUT2D eigenvalue weighted by Gasteiger charge is 2.17. The van der Waals surface area contributed by atoms with Crippen LogP contribution >= 0.6 is 0 Å². The minimum atomic E-state index is 0.0671. The van der Waals surface area contributed by atoms with Gasteiger partial charge in [-0.05, 0) is 45.0 Å². The molecule has 0 saturated carbocycles. The van der Waals surface area contributed by atoms with Gasteiger partial charge in [0.2, 0.25) is 5.89 Å². The van der Waals surface area contributed by atoms with Crippen molar-refractivity contribution < 1.29 is 4.42 Å². The largest absolute Gasteiger partial charge is 0.406 e. The molecule has 0 saturated heterocycles. The Labute approximate surface area is 120 Å². The summed E-state index contributed by atoms with van der Waals surface area (Å²) in [5, 5.41) is 11.6. The van der Waals surface area contributed by atoms with Gasteiger partial charge in [0.25, 0.3) is 0 Å². The van der Waals surface area contributed by atoms with Gasteiger partial charge in [0.05, 0.1) is 6.04 Å². The zero-order valence-electron chi connectivity index (χ0n) is 12.6. The van der Waals surface area contributed by atoms with Crippen LogP contribution in [0.3, 0.4) is 0 Å². The Bertz CT molecular complexity index is 552. The highest BCUT2D eigenvalue weighted by molar-refractivity contribution is 5.56. The van der Waals surface area contributed by atoms with Crippen LogP contribution in [0.2, 0.25) is 0 Å². The minimum Gasteiger partial charge on any atom is -0.406 e. The summed E-state index contributed by atoms with van der Waals surface area (Å²) in [5.41, 5.74) is 2.28. The quantitative estimate of drug-likeness (QED) is 0.876. The molecular formula is C15H22N4O. The van der Waals surface area contributed by atoms with Crippen LogP contribution in [0.25, 0.3) is 0 Å². The van der Waals surface area contributed by atoms with Crippen LogP contribution in [0, 0.1) is 6.92 Å². The number of anilines is 2. The molecule has 1 atom stereocenters. The van der Waals surface area contributed by atoms with E-state index in [1.165, 1.54) is 5.56 Å². The van der Waals surface area contributed by atoms with Gasteiger partial charge in [-0.25, -0.2) is 0 Å². The molecule has 2 aromatic rings.